The number of rotatable bonds is 2. The van der Waals surface area contributed by atoms with Crippen LogP contribution in [-0.4, -0.2) is 61.0 Å². The van der Waals surface area contributed by atoms with Crippen LogP contribution in [0.1, 0.15) is 16.1 Å². The summed E-state index contributed by atoms with van der Waals surface area (Å²) in [5, 5.41) is 4.69. The molecule has 4 heterocycles. The quantitative estimate of drug-likeness (QED) is 0.704. The zero-order valence-electron chi connectivity index (χ0n) is 14.4. The lowest BCUT2D eigenvalue weighted by molar-refractivity contribution is 0.0778. The Kier molecular flexibility index (Phi) is 5.21. The molecule has 2 aliphatic heterocycles. The van der Waals surface area contributed by atoms with E-state index >= 15 is 0 Å². The Balaban J connectivity index is 0.00000168. The Morgan fingerprint density at radius 1 is 1.08 bits per heavy atom. The molecule has 138 valence electrons. The Morgan fingerprint density at radius 2 is 1.88 bits per heavy atom. The topological polar surface area (TPSA) is 35.6 Å². The lowest BCUT2D eigenvalue weighted by Crippen LogP contribution is -2.49. The summed E-state index contributed by atoms with van der Waals surface area (Å²) < 4.78 is 3.82. The third-order valence-electron chi connectivity index (χ3n) is 5.38. The molecular formula is C19H22ClN3OS2. The van der Waals surface area contributed by atoms with Crippen LogP contribution < -0.4 is 5.32 Å². The molecule has 1 atom stereocenters. The highest BCUT2D eigenvalue weighted by Crippen LogP contribution is 2.39. The van der Waals surface area contributed by atoms with Gasteiger partial charge in [-0.05, 0) is 18.6 Å². The fourth-order valence-corrected chi connectivity index (χ4v) is 6.53. The number of nitrogens with zero attached hydrogens (tertiary/aromatic N) is 2. The number of carbonyl (C=O) groups is 1. The van der Waals surface area contributed by atoms with Crippen molar-refractivity contribution in [3.63, 3.8) is 0 Å². The van der Waals surface area contributed by atoms with Crippen LogP contribution in [0.3, 0.4) is 0 Å². The van der Waals surface area contributed by atoms with Gasteiger partial charge in [-0.15, -0.1) is 35.1 Å². The van der Waals surface area contributed by atoms with Gasteiger partial charge in [-0.25, -0.2) is 0 Å². The molecule has 2 aliphatic rings. The lowest BCUT2D eigenvalue weighted by atomic mass is 10.2. The van der Waals surface area contributed by atoms with Crippen molar-refractivity contribution in [3.8, 4) is 0 Å². The first-order chi connectivity index (χ1) is 12.3. The van der Waals surface area contributed by atoms with Crippen molar-refractivity contribution < 1.29 is 4.79 Å². The van der Waals surface area contributed by atoms with Crippen LogP contribution in [0.5, 0.6) is 0 Å². The Labute approximate surface area is 167 Å². The van der Waals surface area contributed by atoms with Gasteiger partial charge in [-0.2, -0.15) is 0 Å². The number of thiophene rings is 2. The van der Waals surface area contributed by atoms with E-state index in [1.54, 1.807) is 22.7 Å². The molecule has 1 amide bonds. The van der Waals surface area contributed by atoms with E-state index in [1.807, 2.05) is 0 Å². The van der Waals surface area contributed by atoms with E-state index in [0.29, 0.717) is 6.04 Å². The predicted octanol–water partition coefficient (Wildman–Crippen LogP) is 3.66. The molecule has 1 unspecified atom stereocenters. The number of piperazine rings is 1. The van der Waals surface area contributed by atoms with Gasteiger partial charge >= 0.3 is 0 Å². The van der Waals surface area contributed by atoms with Crippen molar-refractivity contribution in [1.29, 1.82) is 0 Å². The van der Waals surface area contributed by atoms with Crippen LogP contribution in [-0.2, 0) is 0 Å². The summed E-state index contributed by atoms with van der Waals surface area (Å²) in [6.07, 6.45) is 1.11. The molecule has 1 aromatic carbocycles. The smallest absolute Gasteiger partial charge is 0.264 e. The van der Waals surface area contributed by atoms with Gasteiger partial charge in [0.25, 0.3) is 5.91 Å². The molecule has 26 heavy (non-hydrogen) atoms. The maximum atomic E-state index is 13.0. The fraction of sp³-hybridized carbons (Fsp3) is 0.421. The number of hydrogen-bond donors (Lipinski definition) is 1. The molecule has 0 bridgehead atoms. The van der Waals surface area contributed by atoms with E-state index in [0.717, 1.165) is 50.6 Å². The largest absolute Gasteiger partial charge is 0.336 e. The first-order valence-electron chi connectivity index (χ1n) is 8.95. The Morgan fingerprint density at radius 3 is 2.73 bits per heavy atom. The maximum Gasteiger partial charge on any atom is 0.264 e. The van der Waals surface area contributed by atoms with Gasteiger partial charge < -0.3 is 10.2 Å². The number of nitrogens with one attached hydrogen (secondary N) is 1. The molecule has 3 aromatic rings. The molecule has 2 fully saturated rings. The monoisotopic (exact) mass is 407 g/mol. The molecule has 7 heteroatoms. The normalized spacial score (nSPS) is 21.4. The van der Waals surface area contributed by atoms with Gasteiger partial charge in [0.1, 0.15) is 0 Å². The summed E-state index contributed by atoms with van der Waals surface area (Å²) in [5.41, 5.74) is 0. The maximum absolute atomic E-state index is 13.0. The molecule has 5 rings (SSSR count). The van der Waals surface area contributed by atoms with E-state index in [2.05, 4.69) is 45.4 Å². The van der Waals surface area contributed by atoms with Gasteiger partial charge in [-0.3, -0.25) is 9.69 Å². The third-order valence-corrected chi connectivity index (χ3v) is 7.78. The van der Waals surface area contributed by atoms with Crippen LogP contribution in [0.2, 0.25) is 0 Å². The summed E-state index contributed by atoms with van der Waals surface area (Å²) in [4.78, 5) is 18.5. The second kappa shape index (κ2) is 7.44. The second-order valence-electron chi connectivity index (χ2n) is 6.88. The number of fused-ring (bicyclic) bond motifs is 3. The highest BCUT2D eigenvalue weighted by molar-refractivity contribution is 7.33. The van der Waals surface area contributed by atoms with E-state index in [4.69, 9.17) is 0 Å². The van der Waals surface area contributed by atoms with E-state index in [9.17, 15) is 4.79 Å². The zero-order chi connectivity index (χ0) is 16.8. The van der Waals surface area contributed by atoms with Crippen LogP contribution in [0.25, 0.3) is 19.5 Å². The third kappa shape index (κ3) is 3.14. The number of hydrogen-bond acceptors (Lipinski definition) is 5. The van der Waals surface area contributed by atoms with E-state index in [-0.39, 0.29) is 18.3 Å². The first-order valence-corrected chi connectivity index (χ1v) is 10.6. The van der Waals surface area contributed by atoms with Crippen molar-refractivity contribution in [2.24, 2.45) is 0 Å². The molecule has 0 radical (unpaired) electrons. The molecule has 2 aromatic heterocycles. The lowest BCUT2D eigenvalue weighted by Gasteiger charge is -2.32. The number of amides is 1. The van der Waals surface area contributed by atoms with E-state index in [1.165, 1.54) is 19.5 Å². The molecule has 4 nitrogen and oxygen atoms in total. The van der Waals surface area contributed by atoms with Crippen molar-refractivity contribution in [2.45, 2.75) is 12.5 Å². The summed E-state index contributed by atoms with van der Waals surface area (Å²) >= 11 is 3.45. The minimum absolute atomic E-state index is 0. The minimum Gasteiger partial charge on any atom is -0.336 e. The molecule has 1 N–H and O–H groups in total. The number of halogens is 1. The second-order valence-corrected chi connectivity index (χ2v) is 9.02. The molecular weight excluding hydrogens is 386 g/mol. The number of carbonyl (C=O) groups excluding carboxylic acids is 1. The number of benzene rings is 1. The minimum atomic E-state index is 0. The average molecular weight is 408 g/mol. The summed E-state index contributed by atoms with van der Waals surface area (Å²) in [5.74, 6) is 0.218. The van der Waals surface area contributed by atoms with Crippen molar-refractivity contribution in [2.75, 3.05) is 39.3 Å². The first kappa shape index (κ1) is 18.2. The highest BCUT2D eigenvalue weighted by Gasteiger charge is 2.32. The molecule has 0 aliphatic carbocycles. The van der Waals surface area contributed by atoms with Crippen LogP contribution in [0, 0.1) is 0 Å². The Bertz CT molecular complexity index is 931. The summed E-state index contributed by atoms with van der Waals surface area (Å²) in [6, 6.07) is 11.1. The molecule has 2 saturated heterocycles. The van der Waals surface area contributed by atoms with Crippen molar-refractivity contribution >= 4 is 60.5 Å². The Hall–Kier alpha value is -1.18. The van der Waals surface area contributed by atoms with Crippen LogP contribution >= 0.6 is 35.1 Å². The van der Waals surface area contributed by atoms with E-state index < -0.39 is 0 Å². The molecule has 0 saturated carbocycles. The van der Waals surface area contributed by atoms with Gasteiger partial charge in [0, 0.05) is 60.1 Å². The van der Waals surface area contributed by atoms with Gasteiger partial charge in [0.05, 0.1) is 9.58 Å². The zero-order valence-corrected chi connectivity index (χ0v) is 16.9. The standard InChI is InChI=1S/C19H21N3OS2.ClH/c23-19(22-8-5-13(12-22)21-9-6-20-7-10-21)17-11-16-18(25-17)14-3-1-2-4-15(14)24-16;/h1-4,11,13,20H,5-10,12H2;1H. The van der Waals surface area contributed by atoms with Gasteiger partial charge in [0.15, 0.2) is 0 Å². The predicted molar refractivity (Wildman–Crippen MR) is 113 cm³/mol. The fourth-order valence-electron chi connectivity index (χ4n) is 4.03. The average Bonchev–Trinajstić information content (AvgIpc) is 3.36. The van der Waals surface area contributed by atoms with Crippen molar-refractivity contribution in [1.82, 2.24) is 15.1 Å². The summed E-state index contributed by atoms with van der Waals surface area (Å²) in [6.45, 7) is 6.11. The van der Waals surface area contributed by atoms with Gasteiger partial charge in [-0.1, -0.05) is 18.2 Å². The highest BCUT2D eigenvalue weighted by atomic mass is 35.5. The molecule has 0 spiro atoms. The summed E-state index contributed by atoms with van der Waals surface area (Å²) in [7, 11) is 0. The van der Waals surface area contributed by atoms with Crippen LogP contribution in [0.15, 0.2) is 30.3 Å². The number of likely N-dealkylation sites (tertiary alicyclic amines) is 1. The van der Waals surface area contributed by atoms with Crippen LogP contribution in [0.4, 0.5) is 0 Å². The van der Waals surface area contributed by atoms with Gasteiger partial charge in [0.2, 0.25) is 0 Å². The van der Waals surface area contributed by atoms with Crippen molar-refractivity contribution in [3.05, 3.63) is 35.2 Å². The SMILES string of the molecule is Cl.O=C(c1cc2sc3ccccc3c2s1)N1CCC(N2CCNCC2)C1.